The largest absolute Gasteiger partial charge is 0.480 e. The van der Waals surface area contributed by atoms with Crippen molar-refractivity contribution < 1.29 is 13.9 Å². The van der Waals surface area contributed by atoms with Crippen LogP contribution in [0.3, 0.4) is 0 Å². The molecule has 3 nitrogen and oxygen atoms in total. The molecule has 0 spiro atoms. The normalized spacial score (nSPS) is 11.8. The zero-order valence-electron chi connectivity index (χ0n) is 13.0. The van der Waals surface area contributed by atoms with E-state index in [1.165, 1.54) is 12.1 Å². The van der Waals surface area contributed by atoms with Gasteiger partial charge in [0.15, 0.2) is 6.10 Å². The number of hydrogen-bond donors (Lipinski definition) is 1. The number of para-hydroxylation sites is 1. The van der Waals surface area contributed by atoms with Gasteiger partial charge < -0.3 is 10.1 Å². The zero-order chi connectivity index (χ0) is 16.1. The summed E-state index contributed by atoms with van der Waals surface area (Å²) in [5.74, 6) is -0.138. The topological polar surface area (TPSA) is 38.3 Å². The summed E-state index contributed by atoms with van der Waals surface area (Å²) in [7, 11) is 0. The Morgan fingerprint density at radius 1 is 1.18 bits per heavy atom. The van der Waals surface area contributed by atoms with Gasteiger partial charge in [-0.15, -0.1) is 0 Å². The number of nitrogens with one attached hydrogen (secondary N) is 1. The molecule has 4 heteroatoms. The summed E-state index contributed by atoms with van der Waals surface area (Å²) in [4.78, 5) is 12.3. The molecule has 0 aromatic heterocycles. The van der Waals surface area contributed by atoms with Crippen LogP contribution in [-0.4, -0.2) is 12.0 Å². The van der Waals surface area contributed by atoms with Crippen molar-refractivity contribution in [3.8, 4) is 5.75 Å². The van der Waals surface area contributed by atoms with Crippen LogP contribution in [0.5, 0.6) is 5.75 Å². The summed E-state index contributed by atoms with van der Waals surface area (Å²) in [5.41, 5.74) is 2.26. The van der Waals surface area contributed by atoms with Gasteiger partial charge in [0.05, 0.1) is 5.69 Å². The predicted octanol–water partition coefficient (Wildman–Crippen LogP) is 4.24. The minimum Gasteiger partial charge on any atom is -0.480 e. The van der Waals surface area contributed by atoms with Crippen LogP contribution < -0.4 is 10.1 Å². The van der Waals surface area contributed by atoms with E-state index in [1.807, 2.05) is 39.0 Å². The minimum absolute atomic E-state index is 0.163. The Morgan fingerprint density at radius 2 is 1.91 bits per heavy atom. The molecule has 1 N–H and O–H groups in total. The summed E-state index contributed by atoms with van der Waals surface area (Å²) in [6.07, 6.45) is -0.173. The highest BCUT2D eigenvalue weighted by Gasteiger charge is 2.20. The number of carbonyl (C=O) groups excluding carboxylic acids is 1. The van der Waals surface area contributed by atoms with Gasteiger partial charge in [-0.25, -0.2) is 4.39 Å². The lowest BCUT2D eigenvalue weighted by Crippen LogP contribution is -2.32. The van der Waals surface area contributed by atoms with Gasteiger partial charge in [0.2, 0.25) is 0 Å². The van der Waals surface area contributed by atoms with Gasteiger partial charge in [-0.2, -0.15) is 0 Å². The summed E-state index contributed by atoms with van der Waals surface area (Å²) < 4.78 is 19.4. The van der Waals surface area contributed by atoms with Crippen molar-refractivity contribution in [1.82, 2.24) is 0 Å². The number of hydrogen-bond acceptors (Lipinski definition) is 2. The second-order valence-corrected chi connectivity index (χ2v) is 5.18. The van der Waals surface area contributed by atoms with Crippen LogP contribution in [0.4, 0.5) is 10.1 Å². The molecule has 0 aliphatic carbocycles. The van der Waals surface area contributed by atoms with E-state index in [2.05, 4.69) is 5.32 Å². The predicted molar refractivity (Wildman–Crippen MR) is 85.7 cm³/mol. The van der Waals surface area contributed by atoms with E-state index in [1.54, 1.807) is 12.1 Å². The van der Waals surface area contributed by atoms with E-state index in [0.29, 0.717) is 12.2 Å². The third-order valence-electron chi connectivity index (χ3n) is 3.62. The smallest absolute Gasteiger partial charge is 0.265 e. The van der Waals surface area contributed by atoms with Crippen LogP contribution >= 0.6 is 0 Å². The van der Waals surface area contributed by atoms with Crippen molar-refractivity contribution in [2.45, 2.75) is 33.3 Å². The molecule has 0 aliphatic heterocycles. The van der Waals surface area contributed by atoms with Gasteiger partial charge in [0, 0.05) is 0 Å². The molecule has 2 aromatic rings. The number of amides is 1. The monoisotopic (exact) mass is 301 g/mol. The van der Waals surface area contributed by atoms with Crippen molar-refractivity contribution in [2.75, 3.05) is 5.32 Å². The maximum atomic E-state index is 13.6. The molecule has 2 aromatic carbocycles. The number of halogens is 1. The standard InChI is InChI=1S/C18H20FNO2/c1-4-16(22-17-11-7-8-12(2)13(17)3)18(21)20-15-10-6-5-9-14(15)19/h5-11,16H,4H2,1-3H3,(H,20,21)/t16-/m0/s1. The van der Waals surface area contributed by atoms with E-state index in [4.69, 9.17) is 4.74 Å². The Morgan fingerprint density at radius 3 is 2.59 bits per heavy atom. The first-order valence-corrected chi connectivity index (χ1v) is 7.31. The molecule has 0 bridgehead atoms. The first-order valence-electron chi connectivity index (χ1n) is 7.31. The number of ether oxygens (including phenoxy) is 1. The second-order valence-electron chi connectivity index (χ2n) is 5.18. The molecule has 0 saturated heterocycles. The Bertz CT molecular complexity index is 670. The van der Waals surface area contributed by atoms with Crippen molar-refractivity contribution in [1.29, 1.82) is 0 Å². The highest BCUT2D eigenvalue weighted by molar-refractivity contribution is 5.94. The molecule has 116 valence electrons. The maximum Gasteiger partial charge on any atom is 0.265 e. The third-order valence-corrected chi connectivity index (χ3v) is 3.62. The summed E-state index contributed by atoms with van der Waals surface area (Å²) in [5, 5.41) is 2.58. The van der Waals surface area contributed by atoms with Crippen molar-refractivity contribution in [3.05, 3.63) is 59.4 Å². The molecule has 0 saturated carbocycles. The lowest BCUT2D eigenvalue weighted by atomic mass is 10.1. The summed E-state index contributed by atoms with van der Waals surface area (Å²) in [6.45, 7) is 5.80. The fourth-order valence-corrected chi connectivity index (χ4v) is 2.10. The van der Waals surface area contributed by atoms with E-state index < -0.39 is 11.9 Å². The fraction of sp³-hybridized carbons (Fsp3) is 0.278. The lowest BCUT2D eigenvalue weighted by molar-refractivity contribution is -0.122. The summed E-state index contributed by atoms with van der Waals surface area (Å²) >= 11 is 0. The van der Waals surface area contributed by atoms with E-state index in [-0.39, 0.29) is 11.6 Å². The molecule has 0 radical (unpaired) electrons. The minimum atomic E-state index is -0.667. The lowest BCUT2D eigenvalue weighted by Gasteiger charge is -2.19. The Hall–Kier alpha value is -2.36. The zero-order valence-corrected chi connectivity index (χ0v) is 13.0. The molecule has 22 heavy (non-hydrogen) atoms. The van der Waals surface area contributed by atoms with E-state index in [9.17, 15) is 9.18 Å². The van der Waals surface area contributed by atoms with Crippen molar-refractivity contribution >= 4 is 11.6 Å². The molecule has 0 unspecified atom stereocenters. The number of anilines is 1. The average molecular weight is 301 g/mol. The number of rotatable bonds is 5. The van der Waals surface area contributed by atoms with Gasteiger partial charge in [0.25, 0.3) is 5.91 Å². The SMILES string of the molecule is CC[C@H](Oc1cccc(C)c1C)C(=O)Nc1ccccc1F. The fourth-order valence-electron chi connectivity index (χ4n) is 2.10. The van der Waals surface area contributed by atoms with Crippen LogP contribution in [0.2, 0.25) is 0 Å². The van der Waals surface area contributed by atoms with Crippen molar-refractivity contribution in [2.24, 2.45) is 0 Å². The molecule has 0 fully saturated rings. The Kier molecular flexibility index (Phi) is 5.15. The number of benzene rings is 2. The van der Waals surface area contributed by atoms with Gasteiger partial charge in [-0.3, -0.25) is 4.79 Å². The molecular weight excluding hydrogens is 281 g/mol. The van der Waals surface area contributed by atoms with E-state index in [0.717, 1.165) is 11.1 Å². The molecular formula is C18H20FNO2. The summed E-state index contributed by atoms with van der Waals surface area (Å²) in [6, 6.07) is 11.8. The quantitative estimate of drug-likeness (QED) is 0.897. The number of carbonyl (C=O) groups is 1. The van der Waals surface area contributed by atoms with Gasteiger partial charge in [-0.05, 0) is 49.6 Å². The third kappa shape index (κ3) is 3.64. The molecule has 1 amide bonds. The highest BCUT2D eigenvalue weighted by Crippen LogP contribution is 2.23. The van der Waals surface area contributed by atoms with Crippen LogP contribution in [-0.2, 0) is 4.79 Å². The second kappa shape index (κ2) is 7.07. The van der Waals surface area contributed by atoms with E-state index >= 15 is 0 Å². The van der Waals surface area contributed by atoms with Crippen LogP contribution in [0.1, 0.15) is 24.5 Å². The molecule has 2 rings (SSSR count). The number of aryl methyl sites for hydroxylation is 1. The Labute approximate surface area is 130 Å². The first kappa shape index (κ1) is 16.0. The molecule has 1 atom stereocenters. The average Bonchev–Trinajstić information content (AvgIpc) is 2.51. The Balaban J connectivity index is 2.13. The highest BCUT2D eigenvalue weighted by atomic mass is 19.1. The first-order chi connectivity index (χ1) is 10.5. The van der Waals surface area contributed by atoms with Gasteiger partial charge >= 0.3 is 0 Å². The maximum absolute atomic E-state index is 13.6. The molecule has 0 heterocycles. The van der Waals surface area contributed by atoms with Crippen molar-refractivity contribution in [3.63, 3.8) is 0 Å². The van der Waals surface area contributed by atoms with Crippen LogP contribution in [0.15, 0.2) is 42.5 Å². The van der Waals surface area contributed by atoms with Crippen LogP contribution in [0.25, 0.3) is 0 Å². The van der Waals surface area contributed by atoms with Crippen LogP contribution in [0, 0.1) is 19.7 Å². The molecule has 0 aliphatic rings. The van der Waals surface area contributed by atoms with Gasteiger partial charge in [0.1, 0.15) is 11.6 Å². The van der Waals surface area contributed by atoms with Gasteiger partial charge in [-0.1, -0.05) is 31.2 Å².